The normalized spacial score (nSPS) is 15.7. The molecule has 3 aromatic carbocycles. The van der Waals surface area contributed by atoms with Crippen molar-refractivity contribution < 1.29 is 19.1 Å². The third-order valence-electron chi connectivity index (χ3n) is 5.10. The van der Waals surface area contributed by atoms with Crippen molar-refractivity contribution in [3.8, 4) is 5.75 Å². The molecule has 0 aromatic heterocycles. The summed E-state index contributed by atoms with van der Waals surface area (Å²) in [6.45, 7) is 0.327. The fourth-order valence-electron chi connectivity index (χ4n) is 3.50. The van der Waals surface area contributed by atoms with Crippen molar-refractivity contribution in [3.63, 3.8) is 0 Å². The van der Waals surface area contributed by atoms with Crippen LogP contribution in [0.3, 0.4) is 0 Å². The van der Waals surface area contributed by atoms with Gasteiger partial charge < -0.3 is 15.0 Å². The van der Waals surface area contributed by atoms with Gasteiger partial charge in [-0.1, -0.05) is 54.6 Å². The fourth-order valence-corrected chi connectivity index (χ4v) is 3.50. The highest BCUT2D eigenvalue weighted by Crippen LogP contribution is 2.26. The van der Waals surface area contributed by atoms with Crippen LogP contribution in [0.25, 0.3) is 6.08 Å². The third kappa shape index (κ3) is 5.29. The summed E-state index contributed by atoms with van der Waals surface area (Å²) in [5, 5.41) is 2.82. The van der Waals surface area contributed by atoms with Gasteiger partial charge in [0.2, 0.25) is 11.8 Å². The lowest BCUT2D eigenvalue weighted by molar-refractivity contribution is -0.129. The van der Waals surface area contributed by atoms with Gasteiger partial charge in [-0.05, 0) is 35.9 Å². The Kier molecular flexibility index (Phi) is 6.41. The van der Waals surface area contributed by atoms with Crippen LogP contribution < -0.4 is 15.0 Å². The zero-order valence-corrected chi connectivity index (χ0v) is 17.3. The van der Waals surface area contributed by atoms with Crippen molar-refractivity contribution in [1.82, 2.24) is 0 Å². The molecule has 1 heterocycles. The van der Waals surface area contributed by atoms with E-state index >= 15 is 0 Å². The Balaban J connectivity index is 1.35. The molecule has 6 heteroatoms. The van der Waals surface area contributed by atoms with E-state index in [-0.39, 0.29) is 18.2 Å². The van der Waals surface area contributed by atoms with Gasteiger partial charge in [-0.25, -0.2) is 4.79 Å². The van der Waals surface area contributed by atoms with Crippen LogP contribution in [-0.4, -0.2) is 24.3 Å². The van der Waals surface area contributed by atoms with Crippen LogP contribution >= 0.6 is 0 Å². The minimum Gasteiger partial charge on any atom is -0.423 e. The second-order valence-corrected chi connectivity index (χ2v) is 7.42. The van der Waals surface area contributed by atoms with Gasteiger partial charge >= 0.3 is 5.97 Å². The minimum atomic E-state index is -0.516. The van der Waals surface area contributed by atoms with Crippen LogP contribution in [-0.2, 0) is 14.4 Å². The zero-order valence-electron chi connectivity index (χ0n) is 17.3. The molecule has 1 aliphatic heterocycles. The molecule has 6 nitrogen and oxygen atoms in total. The highest BCUT2D eigenvalue weighted by Gasteiger charge is 2.35. The number of nitrogens with one attached hydrogen (secondary N) is 1. The second kappa shape index (κ2) is 9.75. The summed E-state index contributed by atoms with van der Waals surface area (Å²) in [6, 6.07) is 25.3. The molecule has 0 radical (unpaired) electrons. The molecule has 0 unspecified atom stereocenters. The average Bonchev–Trinajstić information content (AvgIpc) is 3.21. The van der Waals surface area contributed by atoms with E-state index in [1.165, 1.54) is 6.08 Å². The van der Waals surface area contributed by atoms with Gasteiger partial charge in [0.05, 0.1) is 5.92 Å². The largest absolute Gasteiger partial charge is 0.423 e. The summed E-state index contributed by atoms with van der Waals surface area (Å²) in [7, 11) is 0. The lowest BCUT2D eigenvalue weighted by Crippen LogP contribution is -2.28. The van der Waals surface area contributed by atoms with Crippen molar-refractivity contribution >= 4 is 35.2 Å². The zero-order chi connectivity index (χ0) is 22.3. The number of hydrogen-bond donors (Lipinski definition) is 1. The number of hydrogen-bond acceptors (Lipinski definition) is 4. The van der Waals surface area contributed by atoms with Crippen molar-refractivity contribution in [2.45, 2.75) is 6.42 Å². The quantitative estimate of drug-likeness (QED) is 0.362. The standard InChI is InChI=1S/C26H22N2O4/c29-24-16-20(18-28(24)22-11-5-2-6-12-22)26(31)27-21-10-7-13-23(17-21)32-25(30)15-14-19-8-3-1-4-9-19/h1-15,17,20H,16,18H2,(H,27,31)/b15-14-/t20-/m0/s1. The van der Waals surface area contributed by atoms with Gasteiger partial charge in [0.15, 0.2) is 0 Å². The molecule has 1 fully saturated rings. The molecular weight excluding hydrogens is 404 g/mol. The number of amides is 2. The maximum atomic E-state index is 12.7. The van der Waals surface area contributed by atoms with Crippen molar-refractivity contribution in [2.24, 2.45) is 5.92 Å². The molecule has 0 spiro atoms. The van der Waals surface area contributed by atoms with Crippen LogP contribution in [0.5, 0.6) is 5.75 Å². The van der Waals surface area contributed by atoms with Crippen LogP contribution in [0.15, 0.2) is 91.0 Å². The SMILES string of the molecule is O=C(/C=C\c1ccccc1)Oc1cccc(NC(=O)[C@H]2CC(=O)N(c3ccccc3)C2)c1. The molecule has 1 atom stereocenters. The molecule has 1 N–H and O–H groups in total. The lowest BCUT2D eigenvalue weighted by atomic mass is 10.1. The first-order chi connectivity index (χ1) is 15.6. The Bertz CT molecular complexity index is 1140. The van der Waals surface area contributed by atoms with E-state index in [0.29, 0.717) is 18.0 Å². The second-order valence-electron chi connectivity index (χ2n) is 7.42. The smallest absolute Gasteiger partial charge is 0.336 e. The summed E-state index contributed by atoms with van der Waals surface area (Å²) >= 11 is 0. The Labute approximate surface area is 186 Å². The van der Waals surface area contributed by atoms with E-state index in [0.717, 1.165) is 11.3 Å². The first-order valence-corrected chi connectivity index (χ1v) is 10.3. The van der Waals surface area contributed by atoms with Crippen LogP contribution in [0.1, 0.15) is 12.0 Å². The number of esters is 1. The molecule has 3 aromatic rings. The Morgan fingerprint density at radius 3 is 2.41 bits per heavy atom. The summed E-state index contributed by atoms with van der Waals surface area (Å²) < 4.78 is 5.34. The van der Waals surface area contributed by atoms with Crippen molar-refractivity contribution in [2.75, 3.05) is 16.8 Å². The summed E-state index contributed by atoms with van der Waals surface area (Å²) in [4.78, 5) is 38.8. The highest BCUT2D eigenvalue weighted by atomic mass is 16.5. The number of nitrogens with zero attached hydrogens (tertiary/aromatic N) is 1. The van der Waals surface area contributed by atoms with Gasteiger partial charge in [0, 0.05) is 36.5 Å². The number of ether oxygens (including phenoxy) is 1. The average molecular weight is 426 g/mol. The van der Waals surface area contributed by atoms with Gasteiger partial charge in [0.25, 0.3) is 0 Å². The maximum absolute atomic E-state index is 12.7. The molecular formula is C26H22N2O4. The van der Waals surface area contributed by atoms with Gasteiger partial charge in [0.1, 0.15) is 5.75 Å². The maximum Gasteiger partial charge on any atom is 0.336 e. The van der Waals surface area contributed by atoms with Crippen LogP contribution in [0.4, 0.5) is 11.4 Å². The minimum absolute atomic E-state index is 0.0794. The molecule has 1 aliphatic rings. The highest BCUT2D eigenvalue weighted by molar-refractivity contribution is 6.03. The topological polar surface area (TPSA) is 75.7 Å². The van der Waals surface area contributed by atoms with Gasteiger partial charge in [-0.3, -0.25) is 9.59 Å². The van der Waals surface area contributed by atoms with Gasteiger partial charge in [-0.2, -0.15) is 0 Å². The summed E-state index contributed by atoms with van der Waals surface area (Å²) in [6.07, 6.45) is 3.17. The van der Waals surface area contributed by atoms with Crippen molar-refractivity contribution in [1.29, 1.82) is 0 Å². The molecule has 1 saturated heterocycles. The fraction of sp³-hybridized carbons (Fsp3) is 0.115. The van der Waals surface area contributed by atoms with E-state index in [9.17, 15) is 14.4 Å². The first kappa shape index (κ1) is 21.1. The first-order valence-electron chi connectivity index (χ1n) is 10.3. The number of benzene rings is 3. The third-order valence-corrected chi connectivity index (χ3v) is 5.10. The molecule has 0 bridgehead atoms. The van der Waals surface area contributed by atoms with E-state index in [1.54, 1.807) is 35.2 Å². The summed E-state index contributed by atoms with van der Waals surface area (Å²) in [5.74, 6) is -0.979. The predicted octanol–water partition coefficient (Wildman–Crippen LogP) is 4.30. The molecule has 4 rings (SSSR count). The number of carbonyl (C=O) groups is 3. The molecule has 0 saturated carbocycles. The number of para-hydroxylation sites is 1. The molecule has 0 aliphatic carbocycles. The predicted molar refractivity (Wildman–Crippen MR) is 123 cm³/mol. The Morgan fingerprint density at radius 1 is 0.938 bits per heavy atom. The number of carbonyl (C=O) groups excluding carboxylic acids is 3. The van der Waals surface area contributed by atoms with E-state index in [1.807, 2.05) is 60.7 Å². The van der Waals surface area contributed by atoms with Gasteiger partial charge in [-0.15, -0.1) is 0 Å². The van der Waals surface area contributed by atoms with Crippen LogP contribution in [0.2, 0.25) is 0 Å². The monoisotopic (exact) mass is 426 g/mol. The Morgan fingerprint density at radius 2 is 1.66 bits per heavy atom. The molecule has 2 amide bonds. The van der Waals surface area contributed by atoms with Crippen LogP contribution in [0, 0.1) is 5.92 Å². The van der Waals surface area contributed by atoms with E-state index < -0.39 is 11.9 Å². The molecule has 32 heavy (non-hydrogen) atoms. The van der Waals surface area contributed by atoms with Crippen molar-refractivity contribution in [3.05, 3.63) is 96.6 Å². The van der Waals surface area contributed by atoms with E-state index in [2.05, 4.69) is 5.32 Å². The number of anilines is 2. The molecule has 160 valence electrons. The summed E-state index contributed by atoms with van der Waals surface area (Å²) in [5.41, 5.74) is 2.17. The number of rotatable bonds is 6. The lowest BCUT2D eigenvalue weighted by Gasteiger charge is -2.16. The Hall–Kier alpha value is -4.19. The van der Waals surface area contributed by atoms with E-state index in [4.69, 9.17) is 4.74 Å².